The standard InChI is InChI=1S/C16H16FNO3/c17-13-4-2-12(3-5-13)16(8-18)19-9-11-1-6-14-15(7-11)21-10-20-14/h1-7,16H,8-10,18H2. The van der Waals surface area contributed by atoms with Crippen LogP contribution in [0.5, 0.6) is 11.5 Å². The number of fused-ring (bicyclic) bond motifs is 1. The minimum atomic E-state index is -0.273. The summed E-state index contributed by atoms with van der Waals surface area (Å²) >= 11 is 0. The molecule has 3 rings (SSSR count). The van der Waals surface area contributed by atoms with Gasteiger partial charge in [-0.05, 0) is 35.4 Å². The molecule has 1 atom stereocenters. The molecule has 4 nitrogen and oxygen atoms in total. The molecule has 2 aromatic rings. The highest BCUT2D eigenvalue weighted by Gasteiger charge is 2.15. The van der Waals surface area contributed by atoms with E-state index in [1.165, 1.54) is 12.1 Å². The van der Waals surface area contributed by atoms with Gasteiger partial charge in [0.1, 0.15) is 5.82 Å². The quantitative estimate of drug-likeness (QED) is 0.919. The van der Waals surface area contributed by atoms with Crippen molar-refractivity contribution in [2.24, 2.45) is 5.73 Å². The molecule has 5 heteroatoms. The van der Waals surface area contributed by atoms with Crippen LogP contribution in [0.15, 0.2) is 42.5 Å². The second kappa shape index (κ2) is 6.11. The number of ether oxygens (including phenoxy) is 3. The van der Waals surface area contributed by atoms with E-state index in [0.29, 0.717) is 13.2 Å². The highest BCUT2D eigenvalue weighted by Crippen LogP contribution is 2.33. The molecule has 0 saturated heterocycles. The van der Waals surface area contributed by atoms with Crippen molar-refractivity contribution >= 4 is 0 Å². The predicted molar refractivity (Wildman–Crippen MR) is 75.5 cm³/mol. The molecular weight excluding hydrogens is 273 g/mol. The zero-order valence-electron chi connectivity index (χ0n) is 11.4. The molecule has 1 heterocycles. The van der Waals surface area contributed by atoms with Crippen LogP contribution in [0.1, 0.15) is 17.2 Å². The third-order valence-corrected chi connectivity index (χ3v) is 3.34. The van der Waals surface area contributed by atoms with E-state index in [1.54, 1.807) is 12.1 Å². The van der Waals surface area contributed by atoms with Crippen molar-refractivity contribution < 1.29 is 18.6 Å². The molecule has 1 unspecified atom stereocenters. The Labute approximate surface area is 122 Å². The maximum atomic E-state index is 12.9. The monoisotopic (exact) mass is 289 g/mol. The van der Waals surface area contributed by atoms with Gasteiger partial charge >= 0.3 is 0 Å². The van der Waals surface area contributed by atoms with Crippen molar-refractivity contribution in [3.63, 3.8) is 0 Å². The van der Waals surface area contributed by atoms with Gasteiger partial charge in [0.05, 0.1) is 12.7 Å². The molecule has 2 N–H and O–H groups in total. The first-order valence-electron chi connectivity index (χ1n) is 6.72. The average molecular weight is 289 g/mol. The normalized spacial score (nSPS) is 14.2. The Morgan fingerprint density at radius 2 is 1.86 bits per heavy atom. The smallest absolute Gasteiger partial charge is 0.231 e. The van der Waals surface area contributed by atoms with E-state index in [0.717, 1.165) is 22.6 Å². The Balaban J connectivity index is 1.66. The molecule has 110 valence electrons. The van der Waals surface area contributed by atoms with Crippen LogP contribution in [0, 0.1) is 5.82 Å². The van der Waals surface area contributed by atoms with Crippen LogP contribution >= 0.6 is 0 Å². The molecule has 0 aromatic heterocycles. The van der Waals surface area contributed by atoms with Crippen molar-refractivity contribution in [3.8, 4) is 11.5 Å². The highest BCUT2D eigenvalue weighted by atomic mass is 19.1. The maximum Gasteiger partial charge on any atom is 0.231 e. The van der Waals surface area contributed by atoms with Gasteiger partial charge in [-0.15, -0.1) is 0 Å². The first kappa shape index (κ1) is 13.9. The second-order valence-corrected chi connectivity index (χ2v) is 4.77. The Morgan fingerprint density at radius 3 is 2.62 bits per heavy atom. The summed E-state index contributed by atoms with van der Waals surface area (Å²) in [4.78, 5) is 0. The first-order chi connectivity index (χ1) is 10.3. The van der Waals surface area contributed by atoms with E-state index in [4.69, 9.17) is 19.9 Å². The molecule has 21 heavy (non-hydrogen) atoms. The van der Waals surface area contributed by atoms with Crippen LogP contribution in [0.4, 0.5) is 4.39 Å². The van der Waals surface area contributed by atoms with E-state index in [9.17, 15) is 4.39 Å². The summed E-state index contributed by atoms with van der Waals surface area (Å²) in [5.41, 5.74) is 7.57. The second-order valence-electron chi connectivity index (χ2n) is 4.77. The number of nitrogens with two attached hydrogens (primary N) is 1. The Morgan fingerprint density at radius 1 is 1.10 bits per heavy atom. The minimum Gasteiger partial charge on any atom is -0.454 e. The maximum absolute atomic E-state index is 12.9. The van der Waals surface area contributed by atoms with Crippen LogP contribution < -0.4 is 15.2 Å². The van der Waals surface area contributed by atoms with E-state index >= 15 is 0 Å². The van der Waals surface area contributed by atoms with Crippen LogP contribution in [0.25, 0.3) is 0 Å². The lowest BCUT2D eigenvalue weighted by Gasteiger charge is -2.16. The van der Waals surface area contributed by atoms with Gasteiger partial charge in [0.25, 0.3) is 0 Å². The number of rotatable bonds is 5. The predicted octanol–water partition coefficient (Wildman–Crippen LogP) is 2.77. The summed E-state index contributed by atoms with van der Waals surface area (Å²) in [6, 6.07) is 11.9. The number of benzene rings is 2. The Bertz CT molecular complexity index is 615. The van der Waals surface area contributed by atoms with Gasteiger partial charge in [0, 0.05) is 6.54 Å². The first-order valence-corrected chi connectivity index (χ1v) is 6.72. The lowest BCUT2D eigenvalue weighted by Crippen LogP contribution is -2.15. The number of hydrogen-bond acceptors (Lipinski definition) is 4. The fourth-order valence-corrected chi connectivity index (χ4v) is 2.21. The van der Waals surface area contributed by atoms with Crippen molar-refractivity contribution in [3.05, 3.63) is 59.4 Å². The van der Waals surface area contributed by atoms with Gasteiger partial charge < -0.3 is 19.9 Å². The lowest BCUT2D eigenvalue weighted by atomic mass is 10.1. The zero-order chi connectivity index (χ0) is 14.7. The topological polar surface area (TPSA) is 53.7 Å². The van der Waals surface area contributed by atoms with E-state index in [2.05, 4.69) is 0 Å². The molecule has 2 aromatic carbocycles. The summed E-state index contributed by atoms with van der Waals surface area (Å²) in [5, 5.41) is 0. The van der Waals surface area contributed by atoms with Crippen LogP contribution in [0.2, 0.25) is 0 Å². The SMILES string of the molecule is NCC(OCc1ccc2c(c1)OCO2)c1ccc(F)cc1. The fourth-order valence-electron chi connectivity index (χ4n) is 2.21. The van der Waals surface area contributed by atoms with Crippen molar-refractivity contribution in [2.45, 2.75) is 12.7 Å². The number of hydrogen-bond donors (Lipinski definition) is 1. The van der Waals surface area contributed by atoms with E-state index in [-0.39, 0.29) is 18.7 Å². The zero-order valence-corrected chi connectivity index (χ0v) is 11.4. The van der Waals surface area contributed by atoms with Gasteiger partial charge in [0.15, 0.2) is 11.5 Å². The molecule has 0 spiro atoms. The molecular formula is C16H16FNO3. The van der Waals surface area contributed by atoms with Crippen LogP contribution in [-0.4, -0.2) is 13.3 Å². The van der Waals surface area contributed by atoms with Crippen LogP contribution in [0.3, 0.4) is 0 Å². The molecule has 0 radical (unpaired) electrons. The summed E-state index contributed by atoms with van der Waals surface area (Å²) in [6.07, 6.45) is -0.268. The molecule has 0 bridgehead atoms. The van der Waals surface area contributed by atoms with Crippen molar-refractivity contribution in [2.75, 3.05) is 13.3 Å². The molecule has 0 fully saturated rings. The van der Waals surface area contributed by atoms with Crippen molar-refractivity contribution in [1.29, 1.82) is 0 Å². The third-order valence-electron chi connectivity index (χ3n) is 3.34. The summed E-state index contributed by atoms with van der Waals surface area (Å²) < 4.78 is 29.3. The lowest BCUT2D eigenvalue weighted by molar-refractivity contribution is 0.0455. The highest BCUT2D eigenvalue weighted by molar-refractivity contribution is 5.44. The van der Waals surface area contributed by atoms with Gasteiger partial charge in [-0.1, -0.05) is 18.2 Å². The van der Waals surface area contributed by atoms with Gasteiger partial charge in [-0.3, -0.25) is 0 Å². The van der Waals surface area contributed by atoms with Crippen molar-refractivity contribution in [1.82, 2.24) is 0 Å². The molecule has 1 aliphatic heterocycles. The third kappa shape index (κ3) is 3.15. The van der Waals surface area contributed by atoms with Gasteiger partial charge in [-0.25, -0.2) is 4.39 Å². The minimum absolute atomic E-state index is 0.251. The van der Waals surface area contributed by atoms with E-state index in [1.807, 2.05) is 18.2 Å². The van der Waals surface area contributed by atoms with Crippen LogP contribution in [-0.2, 0) is 11.3 Å². The summed E-state index contributed by atoms with van der Waals surface area (Å²) in [6.45, 7) is 0.979. The molecule has 0 saturated carbocycles. The molecule has 0 amide bonds. The summed E-state index contributed by atoms with van der Waals surface area (Å²) in [5.74, 6) is 1.19. The van der Waals surface area contributed by atoms with Gasteiger partial charge in [-0.2, -0.15) is 0 Å². The Hall–Kier alpha value is -2.11. The summed E-state index contributed by atoms with van der Waals surface area (Å²) in [7, 11) is 0. The average Bonchev–Trinajstić information content (AvgIpc) is 2.97. The molecule has 1 aliphatic rings. The van der Waals surface area contributed by atoms with Gasteiger partial charge in [0.2, 0.25) is 6.79 Å². The Kier molecular flexibility index (Phi) is 4.03. The largest absolute Gasteiger partial charge is 0.454 e. The number of halogens is 1. The van der Waals surface area contributed by atoms with E-state index < -0.39 is 0 Å². The fraction of sp³-hybridized carbons (Fsp3) is 0.250. The molecule has 0 aliphatic carbocycles.